The lowest BCUT2D eigenvalue weighted by Gasteiger charge is -2.09. The smallest absolute Gasteiger partial charge is 0.341 e. The molecule has 0 fully saturated rings. The number of aromatic nitrogens is 4. The van der Waals surface area contributed by atoms with Gasteiger partial charge in [-0.1, -0.05) is 41.6 Å². The van der Waals surface area contributed by atoms with Crippen molar-refractivity contribution < 1.29 is 14.3 Å². The second-order valence-corrected chi connectivity index (χ2v) is 8.99. The number of ether oxygens (including phenoxy) is 1. The Morgan fingerprint density at radius 1 is 1.15 bits per heavy atom. The fraction of sp³-hybridized carbons (Fsp3) is 0.136. The number of carbonyl (C=O) groups excluding carboxylic acids is 2. The topological polar surface area (TPSA) is 99.0 Å². The molecular formula is C22H18ClN5O3S2. The Morgan fingerprint density at radius 3 is 2.64 bits per heavy atom. The largest absolute Gasteiger partial charge is 0.465 e. The first-order valence-electron chi connectivity index (χ1n) is 9.66. The zero-order chi connectivity index (χ0) is 23.4. The lowest BCUT2D eigenvalue weighted by Crippen LogP contribution is -2.16. The molecule has 168 valence electrons. The summed E-state index contributed by atoms with van der Waals surface area (Å²) in [5.41, 5.74) is 2.45. The Bertz CT molecular complexity index is 1310. The van der Waals surface area contributed by atoms with Gasteiger partial charge < -0.3 is 14.6 Å². The summed E-state index contributed by atoms with van der Waals surface area (Å²) < 4.78 is 6.76. The van der Waals surface area contributed by atoms with E-state index in [0.29, 0.717) is 32.1 Å². The number of benzene rings is 1. The molecule has 0 aliphatic heterocycles. The maximum atomic E-state index is 12.7. The van der Waals surface area contributed by atoms with Gasteiger partial charge in [0.1, 0.15) is 10.6 Å². The number of amides is 1. The summed E-state index contributed by atoms with van der Waals surface area (Å²) in [6.45, 7) is 0. The minimum atomic E-state index is -0.551. The van der Waals surface area contributed by atoms with Crippen molar-refractivity contribution in [2.75, 3.05) is 18.2 Å². The maximum Gasteiger partial charge on any atom is 0.341 e. The summed E-state index contributed by atoms with van der Waals surface area (Å²) in [5.74, 6) is -0.0751. The van der Waals surface area contributed by atoms with E-state index < -0.39 is 5.97 Å². The number of nitrogens with zero attached hydrogens (tertiary/aromatic N) is 4. The van der Waals surface area contributed by atoms with Crippen LogP contribution in [0, 0.1) is 0 Å². The number of thiophene rings is 1. The normalized spacial score (nSPS) is 10.8. The number of esters is 1. The van der Waals surface area contributed by atoms with E-state index in [1.54, 1.807) is 23.8 Å². The zero-order valence-electron chi connectivity index (χ0n) is 17.6. The molecule has 0 bridgehead atoms. The summed E-state index contributed by atoms with van der Waals surface area (Å²) in [7, 11) is 3.13. The van der Waals surface area contributed by atoms with E-state index in [9.17, 15) is 9.59 Å². The number of methoxy groups -OCH3 is 1. The molecule has 0 aliphatic carbocycles. The van der Waals surface area contributed by atoms with Crippen molar-refractivity contribution in [2.24, 2.45) is 7.05 Å². The van der Waals surface area contributed by atoms with Crippen molar-refractivity contribution in [1.82, 2.24) is 19.7 Å². The van der Waals surface area contributed by atoms with E-state index >= 15 is 0 Å². The van der Waals surface area contributed by atoms with Crippen molar-refractivity contribution in [3.63, 3.8) is 0 Å². The summed E-state index contributed by atoms with van der Waals surface area (Å²) in [4.78, 5) is 29.2. The number of halogens is 1. The van der Waals surface area contributed by atoms with E-state index in [0.717, 1.165) is 5.56 Å². The Morgan fingerprint density at radius 2 is 1.91 bits per heavy atom. The van der Waals surface area contributed by atoms with Crippen molar-refractivity contribution in [3.8, 4) is 22.5 Å². The Kier molecular flexibility index (Phi) is 7.07. The van der Waals surface area contributed by atoms with Crippen LogP contribution in [0.5, 0.6) is 0 Å². The molecule has 3 aromatic heterocycles. The Hall–Kier alpha value is -3.21. The van der Waals surface area contributed by atoms with Crippen LogP contribution in [-0.2, 0) is 16.6 Å². The van der Waals surface area contributed by atoms with Crippen LogP contribution in [0.1, 0.15) is 10.4 Å². The molecule has 3 heterocycles. The van der Waals surface area contributed by atoms with Crippen LogP contribution in [0.15, 0.2) is 59.3 Å². The molecule has 0 atom stereocenters. The lowest BCUT2D eigenvalue weighted by molar-refractivity contribution is -0.113. The third-order valence-electron chi connectivity index (χ3n) is 4.70. The molecule has 4 aromatic rings. The molecule has 0 aliphatic rings. The molecule has 8 nitrogen and oxygen atoms in total. The zero-order valence-corrected chi connectivity index (χ0v) is 20.0. The highest BCUT2D eigenvalue weighted by Gasteiger charge is 2.23. The second kappa shape index (κ2) is 10.2. The van der Waals surface area contributed by atoms with Crippen molar-refractivity contribution in [2.45, 2.75) is 5.16 Å². The van der Waals surface area contributed by atoms with Gasteiger partial charge in [0, 0.05) is 46.5 Å². The fourth-order valence-corrected chi connectivity index (χ4v) is 5.03. The number of hydrogen-bond acceptors (Lipinski definition) is 8. The van der Waals surface area contributed by atoms with Crippen molar-refractivity contribution >= 4 is 51.6 Å². The Balaban J connectivity index is 1.50. The number of thioether (sulfide) groups is 1. The highest BCUT2D eigenvalue weighted by molar-refractivity contribution is 7.99. The second-order valence-electron chi connectivity index (χ2n) is 6.76. The van der Waals surface area contributed by atoms with Gasteiger partial charge in [0.05, 0.1) is 12.9 Å². The minimum Gasteiger partial charge on any atom is -0.465 e. The van der Waals surface area contributed by atoms with E-state index in [2.05, 4.69) is 20.5 Å². The first kappa shape index (κ1) is 23.0. The van der Waals surface area contributed by atoms with Gasteiger partial charge in [-0.15, -0.1) is 21.5 Å². The fourth-order valence-electron chi connectivity index (χ4n) is 3.12. The molecule has 1 amide bonds. The van der Waals surface area contributed by atoms with E-state index in [4.69, 9.17) is 16.3 Å². The monoisotopic (exact) mass is 499 g/mol. The number of rotatable bonds is 7. The molecule has 0 unspecified atom stereocenters. The predicted octanol–water partition coefficient (Wildman–Crippen LogP) is 4.78. The van der Waals surface area contributed by atoms with E-state index in [1.165, 1.54) is 30.2 Å². The van der Waals surface area contributed by atoms with Crippen LogP contribution >= 0.6 is 34.7 Å². The number of carbonyl (C=O) groups is 2. The summed E-state index contributed by atoms with van der Waals surface area (Å²) in [6, 6.07) is 10.9. The predicted molar refractivity (Wildman–Crippen MR) is 130 cm³/mol. The minimum absolute atomic E-state index is 0.0856. The molecule has 0 spiro atoms. The van der Waals surface area contributed by atoms with Gasteiger partial charge in [-0.2, -0.15) is 0 Å². The first-order valence-corrected chi connectivity index (χ1v) is 11.9. The van der Waals surface area contributed by atoms with Gasteiger partial charge in [0.15, 0.2) is 11.0 Å². The highest BCUT2D eigenvalue weighted by atomic mass is 35.5. The average Bonchev–Trinajstić information content (AvgIpc) is 3.41. The van der Waals surface area contributed by atoms with Crippen molar-refractivity contribution in [1.29, 1.82) is 0 Å². The standard InChI is InChI=1S/C22H18ClN5O3S2/c1-28-19(13-7-9-24-10-8-13)26-27-22(28)33-12-17(29)25-20-18(21(30)31-2)15(11-32-20)14-5-3-4-6-16(14)23/h3-11H,12H2,1-2H3,(H,25,29). The third kappa shape index (κ3) is 4.92. The number of anilines is 1. The molecule has 33 heavy (non-hydrogen) atoms. The van der Waals surface area contributed by atoms with Gasteiger partial charge >= 0.3 is 5.97 Å². The molecule has 1 aromatic carbocycles. The van der Waals surface area contributed by atoms with Crippen LogP contribution in [-0.4, -0.2) is 44.5 Å². The van der Waals surface area contributed by atoms with Crippen LogP contribution < -0.4 is 5.32 Å². The summed E-state index contributed by atoms with van der Waals surface area (Å²) in [6.07, 6.45) is 3.36. The van der Waals surface area contributed by atoms with E-state index in [-0.39, 0.29) is 17.2 Å². The maximum absolute atomic E-state index is 12.7. The molecule has 1 N–H and O–H groups in total. The number of nitrogens with one attached hydrogen (secondary N) is 1. The number of hydrogen-bond donors (Lipinski definition) is 1. The molecule has 0 radical (unpaired) electrons. The molecule has 0 saturated heterocycles. The van der Waals surface area contributed by atoms with Gasteiger partial charge in [-0.25, -0.2) is 4.79 Å². The third-order valence-corrected chi connectivity index (χ3v) is 6.95. The van der Waals surface area contributed by atoms with Crippen LogP contribution in [0.2, 0.25) is 5.02 Å². The van der Waals surface area contributed by atoms with Crippen LogP contribution in [0.3, 0.4) is 0 Å². The molecular weight excluding hydrogens is 482 g/mol. The molecule has 4 rings (SSSR count). The highest BCUT2D eigenvalue weighted by Crippen LogP contribution is 2.39. The lowest BCUT2D eigenvalue weighted by atomic mass is 10.0. The van der Waals surface area contributed by atoms with Gasteiger partial charge in [0.2, 0.25) is 5.91 Å². The summed E-state index contributed by atoms with van der Waals surface area (Å²) >= 11 is 8.80. The summed E-state index contributed by atoms with van der Waals surface area (Å²) in [5, 5.41) is 14.5. The quantitative estimate of drug-likeness (QED) is 0.288. The van der Waals surface area contributed by atoms with E-state index in [1.807, 2.05) is 41.9 Å². The SMILES string of the molecule is COC(=O)c1c(-c2ccccc2Cl)csc1NC(=O)CSc1nnc(-c2ccncc2)n1C. The Labute approximate surface area is 203 Å². The van der Waals surface area contributed by atoms with Gasteiger partial charge in [0.25, 0.3) is 0 Å². The molecule has 11 heteroatoms. The van der Waals surface area contributed by atoms with Crippen LogP contribution in [0.25, 0.3) is 22.5 Å². The van der Waals surface area contributed by atoms with Crippen LogP contribution in [0.4, 0.5) is 5.00 Å². The van der Waals surface area contributed by atoms with Gasteiger partial charge in [-0.05, 0) is 18.2 Å². The molecule has 0 saturated carbocycles. The van der Waals surface area contributed by atoms with Gasteiger partial charge in [-0.3, -0.25) is 9.78 Å². The average molecular weight is 500 g/mol. The number of pyridine rings is 1. The van der Waals surface area contributed by atoms with Crippen molar-refractivity contribution in [3.05, 3.63) is 64.8 Å². The first-order chi connectivity index (χ1) is 16.0.